The Bertz CT molecular complexity index is 5720. The summed E-state index contributed by atoms with van der Waals surface area (Å²) in [5.41, 5.74) is 49.8. The van der Waals surface area contributed by atoms with Gasteiger partial charge < -0.3 is 9.97 Å². The molecule has 0 unspecified atom stereocenters. The Kier molecular flexibility index (Phi) is 11.0. The molecule has 0 atom stereocenters. The van der Waals surface area contributed by atoms with Gasteiger partial charge >= 0.3 is 0 Å². The van der Waals surface area contributed by atoms with Gasteiger partial charge in [0.2, 0.25) is 0 Å². The molecule has 5 heterocycles. The molecule has 0 saturated carbocycles. The SMILES string of the molecule is C1=Cc2nc1c(-c1ccc3c(c1)C1c4ccccc4C3c3ccccc31)c1ccc([nH]1)c(-c1ccc3c(c1)C1c4ccccc4C3c3ccccc31)c1nc(c(-c3ccc4c(c3)C3c5ccccc5C4c4ccccc43)c3ccc([nH]3)c2-c2ccc3c(c2)C2c4ccccc4C3c3ccccc32)C=C1. The molecule has 15 aromatic rings. The van der Waals surface area contributed by atoms with E-state index in [1.54, 1.807) is 0 Å². The molecule has 0 amide bonds. The van der Waals surface area contributed by atoms with Crippen LogP contribution in [-0.2, 0) is 0 Å². The molecule has 104 heavy (non-hydrogen) atoms. The number of nitrogens with zero attached hydrogens (tertiary/aromatic N) is 2. The molecule has 4 heteroatoms. The molecule has 0 fully saturated rings. The Morgan fingerprint density at radius 1 is 0.163 bits per heavy atom. The van der Waals surface area contributed by atoms with Crippen molar-refractivity contribution >= 4 is 46.4 Å². The molecule has 0 spiro atoms. The van der Waals surface area contributed by atoms with Gasteiger partial charge in [-0.3, -0.25) is 0 Å². The minimum Gasteiger partial charge on any atom is -0.354 e. The second-order valence-corrected chi connectivity index (χ2v) is 30.4. The standard InChI is InChI=1S/C100H62N4/c1-9-25-65-57(17-1)93-58-18-2-10-26-66(58)97(65)77-49-53(33-37-73(77)93)89-81-41-43-83(101-81)90(54-34-38-74-78(50-54)98-67-27-11-3-19-59(67)94(74)60-20-4-12-28-68(60)98)85-45-47-87(103-85)92(56-36-40-76-80(52-56)100-71-31-15-7-23-63(71)96(76)64-24-8-16-32-72(64)100)88-48-46-86(104-88)91(84-44-42-82(89)102-84)55-35-39-75-79(51-55)99-69-29-13-5-21-61(69)95(75)62-22-6-14-30-70(62)99/h1-52,93-101,104H. The van der Waals surface area contributed by atoms with Gasteiger partial charge in [0.05, 0.1) is 22.8 Å². The van der Waals surface area contributed by atoms with E-state index in [9.17, 15) is 0 Å². The number of fused-ring (bicyclic) bond motifs is 8. The van der Waals surface area contributed by atoms with Gasteiger partial charge in [-0.1, -0.05) is 243 Å². The monoisotopic (exact) mass is 1320 g/mol. The highest BCUT2D eigenvalue weighted by Crippen LogP contribution is 2.62. The van der Waals surface area contributed by atoms with Crippen LogP contribution < -0.4 is 0 Å². The highest BCUT2D eigenvalue weighted by Gasteiger charge is 2.46. The highest BCUT2D eigenvalue weighted by molar-refractivity contribution is 6.01. The van der Waals surface area contributed by atoms with E-state index < -0.39 is 0 Å². The fraction of sp³-hybridized carbons (Fsp3) is 0.0800. The number of benzene rings is 12. The summed E-state index contributed by atoms with van der Waals surface area (Å²) < 4.78 is 0. The maximum atomic E-state index is 6.03. The van der Waals surface area contributed by atoms with Crippen molar-refractivity contribution in [1.29, 1.82) is 0 Å². The lowest BCUT2D eigenvalue weighted by molar-refractivity contribution is 0.754. The van der Waals surface area contributed by atoms with Gasteiger partial charge in [-0.25, -0.2) is 9.97 Å². The van der Waals surface area contributed by atoms with Crippen LogP contribution in [0.1, 0.15) is 204 Å². The van der Waals surface area contributed by atoms with Gasteiger partial charge in [-0.05, 0) is 229 Å². The van der Waals surface area contributed by atoms with E-state index >= 15 is 0 Å². The number of rotatable bonds is 4. The predicted molar refractivity (Wildman–Crippen MR) is 420 cm³/mol. The minimum atomic E-state index is 0.0963. The smallest absolute Gasteiger partial charge is 0.0737 e. The maximum absolute atomic E-state index is 6.03. The van der Waals surface area contributed by atoms with Crippen LogP contribution >= 0.6 is 0 Å². The van der Waals surface area contributed by atoms with E-state index in [0.717, 1.165) is 89.4 Å². The largest absolute Gasteiger partial charge is 0.354 e. The van der Waals surface area contributed by atoms with Gasteiger partial charge in [0.15, 0.2) is 0 Å². The van der Waals surface area contributed by atoms with Crippen LogP contribution in [0.4, 0.5) is 0 Å². The maximum Gasteiger partial charge on any atom is 0.0737 e. The van der Waals surface area contributed by atoms with Gasteiger partial charge in [0, 0.05) is 91.7 Å². The average Bonchev–Trinajstić information content (AvgIpc) is 0.775. The van der Waals surface area contributed by atoms with Crippen LogP contribution in [0.25, 0.3) is 90.9 Å². The molecule has 3 aromatic heterocycles. The van der Waals surface area contributed by atoms with E-state index in [0.29, 0.717) is 0 Å². The first-order valence-corrected chi connectivity index (χ1v) is 37.0. The second kappa shape index (κ2) is 20.5. The fourth-order valence-corrected chi connectivity index (χ4v) is 21.7. The molecular weight excluding hydrogens is 1260 g/mol. The zero-order valence-electron chi connectivity index (χ0n) is 56.5. The minimum absolute atomic E-state index is 0.0963. The molecule has 29 rings (SSSR count). The van der Waals surface area contributed by atoms with Crippen molar-refractivity contribution in [3.05, 3.63) is 447 Å². The Morgan fingerprint density at radius 2 is 0.317 bits per heavy atom. The highest BCUT2D eigenvalue weighted by atomic mass is 14.8. The van der Waals surface area contributed by atoms with Crippen LogP contribution in [0, 0.1) is 0 Å². The fourth-order valence-electron chi connectivity index (χ4n) is 21.7. The summed E-state index contributed by atoms with van der Waals surface area (Å²) in [5, 5.41) is 0. The second-order valence-electron chi connectivity index (χ2n) is 30.4. The van der Waals surface area contributed by atoms with Gasteiger partial charge in [-0.15, -0.1) is 0 Å². The lowest BCUT2D eigenvalue weighted by Crippen LogP contribution is -2.27. The summed E-state index contributed by atoms with van der Waals surface area (Å²) in [6.07, 6.45) is 9.14. The van der Waals surface area contributed by atoms with E-state index in [1.165, 1.54) is 134 Å². The Labute approximate surface area is 601 Å². The zero-order chi connectivity index (χ0) is 67.3. The number of hydrogen-bond donors (Lipinski definition) is 2. The van der Waals surface area contributed by atoms with Crippen LogP contribution in [0.15, 0.2) is 291 Å². The Hall–Kier alpha value is -12.8. The number of nitrogens with one attached hydrogen (secondary N) is 2. The van der Waals surface area contributed by atoms with Crippen LogP contribution in [0.3, 0.4) is 0 Å². The third-order valence-electron chi connectivity index (χ3n) is 25.7. The van der Waals surface area contributed by atoms with Gasteiger partial charge in [0.1, 0.15) is 0 Å². The van der Waals surface area contributed by atoms with E-state index in [-0.39, 0.29) is 47.3 Å². The Morgan fingerprint density at radius 3 is 0.490 bits per heavy atom. The first kappa shape index (κ1) is 55.9. The summed E-state index contributed by atoms with van der Waals surface area (Å²) in [5.74, 6) is 0.992. The lowest BCUT2D eigenvalue weighted by atomic mass is 9.61. The Balaban J connectivity index is 0.770. The molecule has 0 saturated heterocycles. The van der Waals surface area contributed by atoms with Crippen molar-refractivity contribution in [2.24, 2.45) is 0 Å². The molecule has 2 N–H and O–H groups in total. The van der Waals surface area contributed by atoms with Crippen LogP contribution in [0.2, 0.25) is 0 Å². The lowest BCUT2D eigenvalue weighted by Gasteiger charge is -2.42. The van der Waals surface area contributed by atoms with Gasteiger partial charge in [0.25, 0.3) is 0 Å². The molecule has 12 aliphatic carbocycles. The van der Waals surface area contributed by atoms with Crippen molar-refractivity contribution in [2.75, 3.05) is 0 Å². The molecule has 2 aliphatic heterocycles. The van der Waals surface area contributed by atoms with Gasteiger partial charge in [-0.2, -0.15) is 0 Å². The average molecular weight is 1320 g/mol. The number of aromatic amines is 2. The molecule has 4 nitrogen and oxygen atoms in total. The summed E-state index contributed by atoms with van der Waals surface area (Å²) in [7, 11) is 0. The molecule has 482 valence electrons. The normalized spacial score (nSPS) is 19.8. The summed E-state index contributed by atoms with van der Waals surface area (Å²) in [4.78, 5) is 20.5. The van der Waals surface area contributed by atoms with Crippen molar-refractivity contribution < 1.29 is 0 Å². The predicted octanol–water partition coefficient (Wildman–Crippen LogP) is 23.3. The quantitative estimate of drug-likeness (QED) is 0.184. The third-order valence-corrected chi connectivity index (χ3v) is 25.7. The summed E-state index contributed by atoms with van der Waals surface area (Å²) >= 11 is 0. The van der Waals surface area contributed by atoms with E-state index in [2.05, 4.69) is 325 Å². The number of H-pyrrole nitrogens is 2. The van der Waals surface area contributed by atoms with Crippen molar-refractivity contribution in [3.63, 3.8) is 0 Å². The zero-order valence-corrected chi connectivity index (χ0v) is 56.5. The number of hydrogen-bond acceptors (Lipinski definition) is 2. The van der Waals surface area contributed by atoms with Crippen molar-refractivity contribution in [2.45, 2.75) is 47.3 Å². The molecule has 16 bridgehead atoms. The molecule has 0 radical (unpaired) electrons. The first-order valence-electron chi connectivity index (χ1n) is 37.0. The topological polar surface area (TPSA) is 57.4 Å². The summed E-state index contributed by atoms with van der Waals surface area (Å²) in [6, 6.07) is 112. The molecular formula is C100H62N4. The molecule has 14 aliphatic rings. The third kappa shape index (κ3) is 7.36. The van der Waals surface area contributed by atoms with Crippen molar-refractivity contribution in [1.82, 2.24) is 19.9 Å². The van der Waals surface area contributed by atoms with Crippen molar-refractivity contribution in [3.8, 4) is 44.5 Å². The van der Waals surface area contributed by atoms with Crippen LogP contribution in [-0.4, -0.2) is 19.9 Å². The van der Waals surface area contributed by atoms with E-state index in [4.69, 9.17) is 9.97 Å². The first-order chi connectivity index (χ1) is 51.6. The molecule has 12 aromatic carbocycles. The van der Waals surface area contributed by atoms with E-state index in [1.807, 2.05) is 0 Å². The number of aromatic nitrogens is 4. The summed E-state index contributed by atoms with van der Waals surface area (Å²) in [6.45, 7) is 0. The van der Waals surface area contributed by atoms with Crippen LogP contribution in [0.5, 0.6) is 0 Å².